The van der Waals surface area contributed by atoms with E-state index < -0.39 is 0 Å². The van der Waals surface area contributed by atoms with Gasteiger partial charge in [-0.2, -0.15) is 0 Å². The Kier molecular flexibility index (Phi) is 2.95. The summed E-state index contributed by atoms with van der Waals surface area (Å²) < 4.78 is 0. The number of hydrogen-bond acceptors (Lipinski definition) is 0. The molecule has 0 amide bonds. The molecule has 0 aliphatic heterocycles. The minimum Gasteiger partial charge on any atom is -0.0885 e. The third-order valence-electron chi connectivity index (χ3n) is 3.42. The first kappa shape index (κ1) is 10.5. The Balaban J connectivity index is 2.38. The Labute approximate surface area is 93.0 Å². The minimum absolute atomic E-state index is 0.760. The predicted molar refractivity (Wildman–Crippen MR) is 66.4 cm³/mol. The van der Waals surface area contributed by atoms with E-state index in [0.29, 0.717) is 0 Å². The highest BCUT2D eigenvalue weighted by atomic mass is 14.2. The quantitative estimate of drug-likeness (QED) is 0.588. The molecule has 0 N–H and O–H groups in total. The van der Waals surface area contributed by atoms with E-state index in [2.05, 4.69) is 45.1 Å². The van der Waals surface area contributed by atoms with E-state index in [0.717, 1.165) is 5.92 Å². The lowest BCUT2D eigenvalue weighted by molar-refractivity contribution is 0.610. The molecule has 2 rings (SSSR count). The lowest BCUT2D eigenvalue weighted by Crippen LogP contribution is -2.05. The van der Waals surface area contributed by atoms with Gasteiger partial charge in [-0.3, -0.25) is 0 Å². The highest BCUT2D eigenvalue weighted by molar-refractivity contribution is 5.40. The number of aryl methyl sites for hydroxylation is 3. The van der Waals surface area contributed by atoms with Crippen LogP contribution in [0.4, 0.5) is 0 Å². The molecule has 1 unspecified atom stereocenters. The van der Waals surface area contributed by atoms with Gasteiger partial charge in [-0.15, -0.1) is 0 Å². The zero-order valence-corrected chi connectivity index (χ0v) is 10.0. The minimum atomic E-state index is 0.760. The van der Waals surface area contributed by atoms with E-state index in [1.807, 2.05) is 0 Å². The summed E-state index contributed by atoms with van der Waals surface area (Å²) in [5.74, 6) is 0.760. The van der Waals surface area contributed by atoms with Crippen molar-refractivity contribution in [2.24, 2.45) is 0 Å². The smallest absolute Gasteiger partial charge is 0.0119 e. The van der Waals surface area contributed by atoms with Gasteiger partial charge in [-0.1, -0.05) is 29.8 Å². The topological polar surface area (TPSA) is 0 Å². The van der Waals surface area contributed by atoms with Gasteiger partial charge >= 0.3 is 0 Å². The van der Waals surface area contributed by atoms with Crippen molar-refractivity contribution in [1.29, 1.82) is 0 Å². The Morgan fingerprint density at radius 2 is 1.67 bits per heavy atom. The Morgan fingerprint density at radius 1 is 1.00 bits per heavy atom. The molecule has 1 atom stereocenters. The van der Waals surface area contributed by atoms with Gasteiger partial charge in [0.05, 0.1) is 0 Å². The number of rotatable bonds is 1. The fraction of sp³-hybridized carbons (Fsp3) is 0.467. The first-order chi connectivity index (χ1) is 7.18. The summed E-state index contributed by atoms with van der Waals surface area (Å²) in [6.45, 7) is 6.70. The highest BCUT2D eigenvalue weighted by Gasteiger charge is 2.16. The molecule has 0 heterocycles. The first-order valence-electron chi connectivity index (χ1n) is 5.91. The van der Waals surface area contributed by atoms with Crippen LogP contribution in [0.15, 0.2) is 24.3 Å². The molecule has 0 bridgehead atoms. The van der Waals surface area contributed by atoms with Crippen molar-refractivity contribution in [2.75, 3.05) is 0 Å². The second-order valence-corrected chi connectivity index (χ2v) is 4.79. The van der Waals surface area contributed by atoms with E-state index in [4.69, 9.17) is 0 Å². The summed E-state index contributed by atoms with van der Waals surface area (Å²) in [7, 11) is 0. The summed E-state index contributed by atoms with van der Waals surface area (Å²) in [5.41, 5.74) is 5.95. The average molecular weight is 200 g/mol. The summed E-state index contributed by atoms with van der Waals surface area (Å²) in [6, 6.07) is 4.64. The maximum absolute atomic E-state index is 2.34. The van der Waals surface area contributed by atoms with Crippen LogP contribution in [0.1, 0.15) is 47.4 Å². The molecule has 0 saturated heterocycles. The third-order valence-corrected chi connectivity index (χ3v) is 3.42. The third kappa shape index (κ3) is 2.14. The molecular formula is C15H20. The molecule has 15 heavy (non-hydrogen) atoms. The molecule has 80 valence electrons. The molecular weight excluding hydrogens is 180 g/mol. The van der Waals surface area contributed by atoms with E-state index >= 15 is 0 Å². The fourth-order valence-corrected chi connectivity index (χ4v) is 2.89. The predicted octanol–water partition coefficient (Wildman–Crippen LogP) is 4.44. The summed E-state index contributed by atoms with van der Waals surface area (Å²) in [5, 5.41) is 0. The first-order valence-corrected chi connectivity index (χ1v) is 5.91. The number of benzene rings is 1. The van der Waals surface area contributed by atoms with Crippen molar-refractivity contribution in [1.82, 2.24) is 0 Å². The van der Waals surface area contributed by atoms with Crippen LogP contribution in [-0.2, 0) is 0 Å². The highest BCUT2D eigenvalue weighted by Crippen LogP contribution is 2.33. The molecule has 0 fully saturated rings. The molecule has 1 aliphatic rings. The Bertz CT molecular complexity index is 362. The maximum atomic E-state index is 2.34. The molecule has 0 heteroatoms. The van der Waals surface area contributed by atoms with E-state index in [9.17, 15) is 0 Å². The van der Waals surface area contributed by atoms with Gasteiger partial charge in [0.1, 0.15) is 0 Å². The van der Waals surface area contributed by atoms with Crippen molar-refractivity contribution in [3.63, 3.8) is 0 Å². The van der Waals surface area contributed by atoms with Crippen molar-refractivity contribution in [3.05, 3.63) is 46.5 Å². The number of allylic oxidation sites excluding steroid dienone is 2. The van der Waals surface area contributed by atoms with Crippen LogP contribution in [0.3, 0.4) is 0 Å². The largest absolute Gasteiger partial charge is 0.0885 e. The number of hydrogen-bond donors (Lipinski definition) is 0. The molecule has 0 saturated carbocycles. The standard InChI is InChI=1S/C15H20/c1-11-9-12(2)15(13(3)10-11)14-7-5-4-6-8-14/h4-5,9-10,14H,6-8H2,1-3H3. The van der Waals surface area contributed by atoms with Crippen LogP contribution in [0.2, 0.25) is 0 Å². The Hall–Kier alpha value is -1.04. The van der Waals surface area contributed by atoms with Gasteiger partial charge in [-0.05, 0) is 62.6 Å². The Morgan fingerprint density at radius 3 is 2.20 bits per heavy atom. The van der Waals surface area contributed by atoms with Gasteiger partial charge < -0.3 is 0 Å². The lowest BCUT2D eigenvalue weighted by atomic mass is 9.82. The van der Waals surface area contributed by atoms with E-state index in [-0.39, 0.29) is 0 Å². The van der Waals surface area contributed by atoms with E-state index in [1.165, 1.54) is 36.0 Å². The zero-order valence-electron chi connectivity index (χ0n) is 10.0. The van der Waals surface area contributed by atoms with Crippen LogP contribution in [0.5, 0.6) is 0 Å². The van der Waals surface area contributed by atoms with Gasteiger partial charge in [0.15, 0.2) is 0 Å². The zero-order chi connectivity index (χ0) is 10.8. The monoisotopic (exact) mass is 200 g/mol. The van der Waals surface area contributed by atoms with Crippen LogP contribution in [-0.4, -0.2) is 0 Å². The van der Waals surface area contributed by atoms with Gasteiger partial charge in [0.2, 0.25) is 0 Å². The molecule has 0 spiro atoms. The summed E-state index contributed by atoms with van der Waals surface area (Å²) in [4.78, 5) is 0. The lowest BCUT2D eigenvalue weighted by Gasteiger charge is -2.23. The van der Waals surface area contributed by atoms with Crippen LogP contribution in [0.25, 0.3) is 0 Å². The van der Waals surface area contributed by atoms with Crippen molar-refractivity contribution >= 4 is 0 Å². The molecule has 1 aromatic carbocycles. The van der Waals surface area contributed by atoms with Crippen LogP contribution >= 0.6 is 0 Å². The van der Waals surface area contributed by atoms with Crippen LogP contribution < -0.4 is 0 Å². The van der Waals surface area contributed by atoms with Crippen molar-refractivity contribution in [2.45, 2.75) is 46.0 Å². The summed E-state index contributed by atoms with van der Waals surface area (Å²) >= 11 is 0. The molecule has 1 aliphatic carbocycles. The van der Waals surface area contributed by atoms with E-state index in [1.54, 1.807) is 5.56 Å². The van der Waals surface area contributed by atoms with Gasteiger partial charge in [-0.25, -0.2) is 0 Å². The molecule has 0 aromatic heterocycles. The molecule has 0 radical (unpaired) electrons. The normalized spacial score (nSPS) is 20.6. The fourth-order valence-electron chi connectivity index (χ4n) is 2.89. The van der Waals surface area contributed by atoms with Crippen LogP contribution in [0, 0.1) is 20.8 Å². The summed E-state index contributed by atoms with van der Waals surface area (Å²) in [6.07, 6.45) is 8.45. The molecule has 0 nitrogen and oxygen atoms in total. The van der Waals surface area contributed by atoms with Crippen molar-refractivity contribution in [3.8, 4) is 0 Å². The second-order valence-electron chi connectivity index (χ2n) is 4.79. The van der Waals surface area contributed by atoms with Gasteiger partial charge in [0.25, 0.3) is 0 Å². The van der Waals surface area contributed by atoms with Crippen molar-refractivity contribution < 1.29 is 0 Å². The molecule has 1 aromatic rings. The SMILES string of the molecule is Cc1cc(C)c(C2CC=CCC2)c(C)c1. The van der Waals surface area contributed by atoms with Gasteiger partial charge in [0, 0.05) is 0 Å². The second kappa shape index (κ2) is 4.22. The maximum Gasteiger partial charge on any atom is -0.0119 e. The average Bonchev–Trinajstić information content (AvgIpc) is 2.17.